The molecule has 2 aromatic heterocycles. The lowest BCUT2D eigenvalue weighted by Crippen LogP contribution is -2.36. The maximum atomic E-state index is 12.1. The summed E-state index contributed by atoms with van der Waals surface area (Å²) in [7, 11) is 0. The number of benzene rings is 1. The highest BCUT2D eigenvalue weighted by atomic mass is 16.6. The van der Waals surface area contributed by atoms with Gasteiger partial charge in [-0.2, -0.15) is 0 Å². The number of hydrogen-bond donors (Lipinski definition) is 4. The fourth-order valence-corrected chi connectivity index (χ4v) is 3.42. The van der Waals surface area contributed by atoms with Gasteiger partial charge in [0.1, 0.15) is 5.41 Å². The molecule has 0 aliphatic carbocycles. The highest BCUT2D eigenvalue weighted by Gasteiger charge is 2.38. The summed E-state index contributed by atoms with van der Waals surface area (Å²) in [5.74, 6) is -1.14. The van der Waals surface area contributed by atoms with Crippen molar-refractivity contribution < 1.29 is 14.8 Å². The number of nitrogens with one attached hydrogen (secondary N) is 3. The van der Waals surface area contributed by atoms with Crippen LogP contribution in [0.4, 0.5) is 5.69 Å². The molecule has 3 rings (SSSR count). The van der Waals surface area contributed by atoms with Crippen molar-refractivity contribution in [1.82, 2.24) is 15.0 Å². The molecule has 10 nitrogen and oxygen atoms in total. The molecule has 10 heteroatoms. The number of H-pyrrole nitrogens is 3. The van der Waals surface area contributed by atoms with Crippen LogP contribution in [0.2, 0.25) is 0 Å². The van der Waals surface area contributed by atoms with Crippen LogP contribution < -0.4 is 11.1 Å². The first-order valence-corrected chi connectivity index (χ1v) is 8.51. The highest BCUT2D eigenvalue weighted by Crippen LogP contribution is 2.35. The summed E-state index contributed by atoms with van der Waals surface area (Å²) in [5.41, 5.74) is -2.26. The number of carbonyl (C=O) groups is 1. The predicted molar refractivity (Wildman–Crippen MR) is 101 cm³/mol. The standard InChI is InChI=1S/C18H18N4O6/c1-3-9-10(8-18(2,17(25)26)13-5-4-6-19-13)14-11(7-12(9)22(27)28)20-15(23)16(24)21-14/h4-7,19H,3,8H2,1-2H3,(H,20,23)(H,21,24)(H,25,26). The van der Waals surface area contributed by atoms with E-state index in [1.165, 1.54) is 13.0 Å². The first-order chi connectivity index (χ1) is 13.2. The van der Waals surface area contributed by atoms with Gasteiger partial charge in [-0.15, -0.1) is 0 Å². The maximum Gasteiger partial charge on any atom is 0.315 e. The van der Waals surface area contributed by atoms with Crippen LogP contribution in [0.5, 0.6) is 0 Å². The number of carboxylic acid groups (broad SMARTS) is 1. The monoisotopic (exact) mass is 386 g/mol. The molecular formula is C18H18N4O6. The van der Waals surface area contributed by atoms with E-state index in [1.54, 1.807) is 25.3 Å². The molecule has 0 bridgehead atoms. The number of rotatable bonds is 6. The molecule has 2 heterocycles. The Balaban J connectivity index is 2.39. The van der Waals surface area contributed by atoms with E-state index in [2.05, 4.69) is 15.0 Å². The minimum Gasteiger partial charge on any atom is -0.481 e. The molecule has 0 fully saturated rings. The molecule has 4 N–H and O–H groups in total. The third-order valence-corrected chi connectivity index (χ3v) is 4.96. The highest BCUT2D eigenvalue weighted by molar-refractivity contribution is 5.86. The number of aromatic nitrogens is 3. The van der Waals surface area contributed by atoms with Gasteiger partial charge in [-0.05, 0) is 37.5 Å². The minimum atomic E-state index is -1.44. The predicted octanol–water partition coefficient (Wildman–Crippen LogP) is 1.60. The van der Waals surface area contributed by atoms with E-state index >= 15 is 0 Å². The lowest BCUT2D eigenvalue weighted by Gasteiger charge is -2.25. The van der Waals surface area contributed by atoms with Crippen LogP contribution in [0.25, 0.3) is 11.0 Å². The minimum absolute atomic E-state index is 0.0720. The molecule has 1 atom stereocenters. The van der Waals surface area contributed by atoms with Crippen LogP contribution in [0.15, 0.2) is 34.0 Å². The largest absolute Gasteiger partial charge is 0.481 e. The number of carboxylic acids is 1. The molecule has 0 aliphatic rings. The van der Waals surface area contributed by atoms with Gasteiger partial charge < -0.3 is 20.1 Å². The first-order valence-electron chi connectivity index (χ1n) is 8.51. The van der Waals surface area contributed by atoms with Crippen LogP contribution in [0.1, 0.15) is 30.7 Å². The number of aliphatic carboxylic acids is 1. The van der Waals surface area contributed by atoms with Crippen molar-refractivity contribution in [3.8, 4) is 0 Å². The number of fused-ring (bicyclic) bond motifs is 1. The van der Waals surface area contributed by atoms with Crippen molar-refractivity contribution in [3.05, 3.63) is 72.0 Å². The summed E-state index contributed by atoms with van der Waals surface area (Å²) < 4.78 is 0. The summed E-state index contributed by atoms with van der Waals surface area (Å²) in [5, 5.41) is 21.5. The normalized spacial score (nSPS) is 13.4. The van der Waals surface area contributed by atoms with Gasteiger partial charge in [0.05, 0.1) is 16.0 Å². The Morgan fingerprint density at radius 1 is 1.25 bits per heavy atom. The molecule has 0 amide bonds. The Hall–Kier alpha value is -3.69. The van der Waals surface area contributed by atoms with Gasteiger partial charge in [0.2, 0.25) is 0 Å². The van der Waals surface area contributed by atoms with Gasteiger partial charge >= 0.3 is 17.1 Å². The SMILES string of the molecule is CCc1c([N+](=O)[O-])cc2[nH]c(=O)c(=O)[nH]c2c1CC(C)(C(=O)O)c1ccc[nH]1. The van der Waals surface area contributed by atoms with Crippen molar-refractivity contribution in [1.29, 1.82) is 0 Å². The third kappa shape index (κ3) is 2.98. The summed E-state index contributed by atoms with van der Waals surface area (Å²) in [6.07, 6.45) is 1.69. The summed E-state index contributed by atoms with van der Waals surface area (Å²) in [6.45, 7) is 3.20. The van der Waals surface area contributed by atoms with E-state index in [0.717, 1.165) is 0 Å². The molecule has 1 unspecified atom stereocenters. The van der Waals surface area contributed by atoms with Crippen molar-refractivity contribution in [2.75, 3.05) is 0 Å². The number of nitro groups is 1. The topological polar surface area (TPSA) is 162 Å². The first kappa shape index (κ1) is 19.1. The second-order valence-electron chi connectivity index (χ2n) is 6.69. The molecule has 0 saturated carbocycles. The van der Waals surface area contributed by atoms with E-state index < -0.39 is 27.4 Å². The Morgan fingerprint density at radius 3 is 2.46 bits per heavy atom. The van der Waals surface area contributed by atoms with Crippen LogP contribution in [0.3, 0.4) is 0 Å². The lowest BCUT2D eigenvalue weighted by atomic mass is 9.78. The molecule has 0 radical (unpaired) electrons. The molecule has 0 saturated heterocycles. The Labute approximate surface area is 157 Å². The summed E-state index contributed by atoms with van der Waals surface area (Å²) in [6, 6.07) is 4.45. The summed E-state index contributed by atoms with van der Waals surface area (Å²) >= 11 is 0. The average Bonchev–Trinajstić information content (AvgIpc) is 3.17. The van der Waals surface area contributed by atoms with E-state index in [4.69, 9.17) is 0 Å². The smallest absolute Gasteiger partial charge is 0.315 e. The number of hydrogen-bond acceptors (Lipinski definition) is 5. The van der Waals surface area contributed by atoms with Crippen molar-refractivity contribution >= 4 is 22.7 Å². The zero-order chi connectivity index (χ0) is 20.6. The zero-order valence-corrected chi connectivity index (χ0v) is 15.2. The van der Waals surface area contributed by atoms with Crippen molar-refractivity contribution in [2.24, 2.45) is 0 Å². The van der Waals surface area contributed by atoms with Crippen LogP contribution in [-0.4, -0.2) is 31.0 Å². The second kappa shape index (κ2) is 6.80. The van der Waals surface area contributed by atoms with E-state index in [9.17, 15) is 29.6 Å². The lowest BCUT2D eigenvalue weighted by molar-refractivity contribution is -0.385. The van der Waals surface area contributed by atoms with Crippen LogP contribution in [-0.2, 0) is 23.1 Å². The van der Waals surface area contributed by atoms with E-state index in [1.807, 2.05) is 0 Å². The van der Waals surface area contributed by atoms with Crippen molar-refractivity contribution in [2.45, 2.75) is 32.1 Å². The Morgan fingerprint density at radius 2 is 1.93 bits per heavy atom. The Bertz CT molecular complexity index is 1190. The molecule has 1 aromatic carbocycles. The molecule has 146 valence electrons. The molecule has 28 heavy (non-hydrogen) atoms. The van der Waals surface area contributed by atoms with Crippen LogP contribution in [0, 0.1) is 10.1 Å². The fourth-order valence-electron chi connectivity index (χ4n) is 3.42. The number of nitrogens with zero attached hydrogens (tertiary/aromatic N) is 1. The zero-order valence-electron chi connectivity index (χ0n) is 15.2. The third-order valence-electron chi connectivity index (χ3n) is 4.96. The average molecular weight is 386 g/mol. The van der Waals surface area contributed by atoms with Crippen molar-refractivity contribution in [3.63, 3.8) is 0 Å². The van der Waals surface area contributed by atoms with Gasteiger partial charge in [0, 0.05) is 23.5 Å². The van der Waals surface area contributed by atoms with Gasteiger partial charge in [-0.1, -0.05) is 6.92 Å². The van der Waals surface area contributed by atoms with Gasteiger partial charge in [0.15, 0.2) is 0 Å². The molecular weight excluding hydrogens is 368 g/mol. The molecule has 3 aromatic rings. The van der Waals surface area contributed by atoms with Gasteiger partial charge in [0.25, 0.3) is 5.69 Å². The molecule has 0 spiro atoms. The molecule has 0 aliphatic heterocycles. The Kier molecular flexibility index (Phi) is 4.63. The fraction of sp³-hybridized carbons (Fsp3) is 0.278. The number of nitro benzene ring substituents is 1. The van der Waals surface area contributed by atoms with Gasteiger partial charge in [-0.25, -0.2) is 0 Å². The van der Waals surface area contributed by atoms with E-state index in [-0.39, 0.29) is 29.6 Å². The number of aromatic amines is 3. The van der Waals surface area contributed by atoms with E-state index in [0.29, 0.717) is 16.8 Å². The quantitative estimate of drug-likeness (QED) is 0.286. The maximum absolute atomic E-state index is 12.1. The van der Waals surface area contributed by atoms with Gasteiger partial charge in [-0.3, -0.25) is 24.5 Å². The summed E-state index contributed by atoms with van der Waals surface area (Å²) in [4.78, 5) is 54.3. The van der Waals surface area contributed by atoms with Crippen LogP contribution >= 0.6 is 0 Å². The second-order valence-corrected chi connectivity index (χ2v) is 6.69.